The highest BCUT2D eigenvalue weighted by Crippen LogP contribution is 2.38. The lowest BCUT2D eigenvalue weighted by Crippen LogP contribution is -2.42. The fraction of sp³-hybridized carbons (Fsp3) is 0.600. The van der Waals surface area contributed by atoms with Gasteiger partial charge in [-0.3, -0.25) is 4.90 Å². The molecule has 1 saturated heterocycles. The van der Waals surface area contributed by atoms with Crippen molar-refractivity contribution in [1.82, 2.24) is 10.2 Å². The maximum atomic E-state index is 10.4. The monoisotopic (exact) mass is 324 g/mol. The van der Waals surface area contributed by atoms with Crippen LogP contribution in [0.4, 0.5) is 0 Å². The van der Waals surface area contributed by atoms with Crippen molar-refractivity contribution in [3.63, 3.8) is 0 Å². The number of fused-ring (bicyclic) bond motifs is 1. The van der Waals surface area contributed by atoms with E-state index in [0.29, 0.717) is 5.75 Å². The van der Waals surface area contributed by atoms with Crippen LogP contribution in [-0.2, 0) is 19.4 Å². The number of hydrogen-bond donors (Lipinski definition) is 2. The maximum Gasteiger partial charge on any atom is 0.134 e. The van der Waals surface area contributed by atoms with Crippen LogP contribution in [0.2, 0.25) is 0 Å². The highest BCUT2D eigenvalue weighted by atomic mass is 79.9. The predicted octanol–water partition coefficient (Wildman–Crippen LogP) is 2.44. The minimum absolute atomic E-state index is 0.458. The lowest BCUT2D eigenvalue weighted by atomic mass is 9.90. The molecule has 4 heteroatoms. The summed E-state index contributed by atoms with van der Waals surface area (Å²) < 4.78 is 0.940. The lowest BCUT2D eigenvalue weighted by molar-refractivity contribution is 0.230. The summed E-state index contributed by atoms with van der Waals surface area (Å²) in [6.45, 7) is 5.08. The zero-order valence-corrected chi connectivity index (χ0v) is 12.8. The van der Waals surface area contributed by atoms with Crippen LogP contribution < -0.4 is 5.32 Å². The molecule has 0 aromatic heterocycles. The van der Waals surface area contributed by atoms with Crippen molar-refractivity contribution < 1.29 is 5.11 Å². The average molecular weight is 325 g/mol. The Bertz CT molecular complexity index is 470. The van der Waals surface area contributed by atoms with Crippen molar-refractivity contribution >= 4 is 15.9 Å². The van der Waals surface area contributed by atoms with E-state index in [1.165, 1.54) is 24.0 Å². The summed E-state index contributed by atoms with van der Waals surface area (Å²) >= 11 is 3.60. The van der Waals surface area contributed by atoms with E-state index in [1.807, 2.05) is 0 Å². The number of piperazine rings is 1. The maximum absolute atomic E-state index is 10.4. The first-order valence-electron chi connectivity index (χ1n) is 7.21. The van der Waals surface area contributed by atoms with Gasteiger partial charge in [0.1, 0.15) is 5.75 Å². The third-order valence-electron chi connectivity index (χ3n) is 4.24. The molecule has 0 unspecified atom stereocenters. The van der Waals surface area contributed by atoms with Gasteiger partial charge in [-0.15, -0.1) is 0 Å². The Morgan fingerprint density at radius 2 is 1.95 bits per heavy atom. The molecule has 2 aliphatic rings. The van der Waals surface area contributed by atoms with Crippen LogP contribution in [-0.4, -0.2) is 36.2 Å². The zero-order chi connectivity index (χ0) is 13.2. The fourth-order valence-electron chi connectivity index (χ4n) is 3.13. The van der Waals surface area contributed by atoms with Crippen molar-refractivity contribution in [2.75, 3.05) is 26.2 Å². The van der Waals surface area contributed by atoms with E-state index >= 15 is 0 Å². The molecule has 19 heavy (non-hydrogen) atoms. The number of halogens is 1. The van der Waals surface area contributed by atoms with E-state index in [0.717, 1.165) is 55.6 Å². The highest BCUT2D eigenvalue weighted by molar-refractivity contribution is 9.10. The van der Waals surface area contributed by atoms with Crippen molar-refractivity contribution in [3.8, 4) is 5.75 Å². The number of nitrogens with zero attached hydrogens (tertiary/aromatic N) is 1. The standard InChI is InChI=1S/C15H21BrN2O/c16-14-13-4-2-1-3-11(13)9-12(15(14)19)10-18-7-5-17-6-8-18/h9,17,19H,1-8,10H2. The molecule has 3 nitrogen and oxygen atoms in total. The van der Waals surface area contributed by atoms with E-state index < -0.39 is 0 Å². The summed E-state index contributed by atoms with van der Waals surface area (Å²) in [6, 6.07) is 2.23. The van der Waals surface area contributed by atoms with Gasteiger partial charge in [-0.25, -0.2) is 0 Å². The Kier molecular flexibility index (Phi) is 4.10. The molecule has 0 amide bonds. The van der Waals surface area contributed by atoms with Crippen LogP contribution in [0.1, 0.15) is 29.5 Å². The van der Waals surface area contributed by atoms with Gasteiger partial charge in [0.2, 0.25) is 0 Å². The van der Waals surface area contributed by atoms with Crippen LogP contribution in [0, 0.1) is 0 Å². The summed E-state index contributed by atoms with van der Waals surface area (Å²) in [5.74, 6) is 0.458. The van der Waals surface area contributed by atoms with Gasteiger partial charge < -0.3 is 10.4 Å². The van der Waals surface area contributed by atoms with Crippen molar-refractivity contribution in [3.05, 3.63) is 27.2 Å². The number of phenols is 1. The van der Waals surface area contributed by atoms with Gasteiger partial charge in [0.15, 0.2) is 0 Å². The van der Waals surface area contributed by atoms with Crippen LogP contribution >= 0.6 is 15.9 Å². The van der Waals surface area contributed by atoms with E-state index in [4.69, 9.17) is 0 Å². The molecule has 1 fully saturated rings. The van der Waals surface area contributed by atoms with Gasteiger partial charge in [-0.1, -0.05) is 6.07 Å². The molecule has 1 heterocycles. The number of benzene rings is 1. The number of phenolic OH excluding ortho intramolecular Hbond substituents is 1. The summed E-state index contributed by atoms with van der Waals surface area (Å²) in [6.07, 6.45) is 4.76. The molecule has 0 radical (unpaired) electrons. The summed E-state index contributed by atoms with van der Waals surface area (Å²) in [5.41, 5.74) is 3.84. The molecule has 1 aromatic carbocycles. The molecular weight excluding hydrogens is 304 g/mol. The number of nitrogens with one attached hydrogen (secondary N) is 1. The van der Waals surface area contributed by atoms with Gasteiger partial charge in [0, 0.05) is 38.3 Å². The molecule has 0 spiro atoms. The van der Waals surface area contributed by atoms with E-state index in [2.05, 4.69) is 32.2 Å². The number of rotatable bonds is 2. The molecule has 104 valence electrons. The third kappa shape index (κ3) is 2.81. The van der Waals surface area contributed by atoms with Gasteiger partial charge in [0.25, 0.3) is 0 Å². The largest absolute Gasteiger partial charge is 0.506 e. The first kappa shape index (κ1) is 13.4. The fourth-order valence-corrected chi connectivity index (χ4v) is 3.84. The smallest absolute Gasteiger partial charge is 0.134 e. The highest BCUT2D eigenvalue weighted by Gasteiger charge is 2.20. The lowest BCUT2D eigenvalue weighted by Gasteiger charge is -2.28. The van der Waals surface area contributed by atoms with E-state index in [-0.39, 0.29) is 0 Å². The Hall–Kier alpha value is -0.580. The summed E-state index contributed by atoms with van der Waals surface area (Å²) in [5, 5.41) is 13.8. The third-order valence-corrected chi connectivity index (χ3v) is 5.09. The Morgan fingerprint density at radius 3 is 2.74 bits per heavy atom. The normalized spacial score (nSPS) is 20.3. The zero-order valence-electron chi connectivity index (χ0n) is 11.2. The Labute approximate surface area is 123 Å². The number of aryl methyl sites for hydroxylation is 1. The summed E-state index contributed by atoms with van der Waals surface area (Å²) in [7, 11) is 0. The van der Waals surface area contributed by atoms with Crippen molar-refractivity contribution in [2.45, 2.75) is 32.2 Å². The van der Waals surface area contributed by atoms with Crippen LogP contribution in [0.3, 0.4) is 0 Å². The van der Waals surface area contributed by atoms with Gasteiger partial charge >= 0.3 is 0 Å². The average Bonchev–Trinajstić information content (AvgIpc) is 2.46. The molecule has 2 N–H and O–H groups in total. The second kappa shape index (κ2) is 5.81. The predicted molar refractivity (Wildman–Crippen MR) is 80.6 cm³/mol. The second-order valence-electron chi connectivity index (χ2n) is 5.57. The quantitative estimate of drug-likeness (QED) is 0.877. The van der Waals surface area contributed by atoms with Crippen LogP contribution in [0.25, 0.3) is 0 Å². The molecule has 3 rings (SSSR count). The minimum Gasteiger partial charge on any atom is -0.506 e. The van der Waals surface area contributed by atoms with Gasteiger partial charge in [0.05, 0.1) is 4.47 Å². The molecule has 0 atom stereocenters. The van der Waals surface area contributed by atoms with Crippen molar-refractivity contribution in [2.24, 2.45) is 0 Å². The minimum atomic E-state index is 0.458. The van der Waals surface area contributed by atoms with Gasteiger partial charge in [-0.2, -0.15) is 0 Å². The molecule has 1 aliphatic carbocycles. The number of hydrogen-bond acceptors (Lipinski definition) is 3. The van der Waals surface area contributed by atoms with Crippen molar-refractivity contribution in [1.29, 1.82) is 0 Å². The topological polar surface area (TPSA) is 35.5 Å². The SMILES string of the molecule is Oc1c(CN2CCNCC2)cc2c(c1Br)CCCC2. The molecule has 1 aromatic rings. The number of aromatic hydroxyl groups is 1. The summed E-state index contributed by atoms with van der Waals surface area (Å²) in [4.78, 5) is 2.41. The Balaban J connectivity index is 1.86. The first-order chi connectivity index (χ1) is 9.25. The molecule has 0 saturated carbocycles. The molecule has 0 bridgehead atoms. The molecular formula is C15H21BrN2O. The van der Waals surface area contributed by atoms with Crippen LogP contribution in [0.5, 0.6) is 5.75 Å². The van der Waals surface area contributed by atoms with E-state index in [9.17, 15) is 5.11 Å². The second-order valence-corrected chi connectivity index (χ2v) is 6.36. The molecule has 1 aliphatic heterocycles. The van der Waals surface area contributed by atoms with Crippen LogP contribution in [0.15, 0.2) is 10.5 Å². The first-order valence-corrected chi connectivity index (χ1v) is 8.00. The Morgan fingerprint density at radius 1 is 1.21 bits per heavy atom. The van der Waals surface area contributed by atoms with Gasteiger partial charge in [-0.05, 0) is 52.7 Å². The van der Waals surface area contributed by atoms with E-state index in [1.54, 1.807) is 0 Å².